The smallest absolute Gasteiger partial charge is 0.262 e. The fraction of sp³-hybridized carbons (Fsp3) is 0.474. The van der Waals surface area contributed by atoms with E-state index in [1.165, 1.54) is 4.31 Å². The van der Waals surface area contributed by atoms with Crippen LogP contribution in [0.25, 0.3) is 5.82 Å². The van der Waals surface area contributed by atoms with E-state index in [1.54, 1.807) is 23.3 Å². The molecule has 3 aromatic rings. The van der Waals surface area contributed by atoms with Crippen LogP contribution in [0.4, 0.5) is 5.82 Å². The van der Waals surface area contributed by atoms with Gasteiger partial charge in [0.2, 0.25) is 0 Å². The zero-order valence-corrected chi connectivity index (χ0v) is 18.4. The minimum absolute atomic E-state index is 0.113. The van der Waals surface area contributed by atoms with Crippen LogP contribution in [0.2, 0.25) is 0 Å². The molecular weight excluding hydrogens is 404 g/mol. The summed E-state index contributed by atoms with van der Waals surface area (Å²) in [6.07, 6.45) is 6.81. The van der Waals surface area contributed by atoms with Gasteiger partial charge in [0.05, 0.1) is 0 Å². The molecule has 1 aliphatic rings. The maximum atomic E-state index is 13.1. The van der Waals surface area contributed by atoms with Gasteiger partial charge in [0.15, 0.2) is 5.03 Å². The fourth-order valence-corrected chi connectivity index (χ4v) is 5.04. The highest BCUT2D eigenvalue weighted by Gasteiger charge is 2.31. The summed E-state index contributed by atoms with van der Waals surface area (Å²) >= 11 is 0. The van der Waals surface area contributed by atoms with Gasteiger partial charge in [0, 0.05) is 63.8 Å². The molecular formula is C19H26N8O2S. The van der Waals surface area contributed by atoms with Crippen molar-refractivity contribution in [2.45, 2.75) is 31.7 Å². The molecule has 0 amide bonds. The molecule has 1 saturated heterocycles. The molecule has 0 aromatic carbocycles. The molecule has 4 heterocycles. The van der Waals surface area contributed by atoms with Crippen molar-refractivity contribution >= 4 is 15.8 Å². The van der Waals surface area contributed by atoms with Gasteiger partial charge >= 0.3 is 0 Å². The van der Waals surface area contributed by atoms with Gasteiger partial charge in [-0.2, -0.15) is 4.31 Å². The van der Waals surface area contributed by atoms with Crippen molar-refractivity contribution in [3.05, 3.63) is 42.6 Å². The number of rotatable bonds is 5. The topological polar surface area (TPSA) is 102 Å². The van der Waals surface area contributed by atoms with E-state index in [2.05, 4.69) is 24.8 Å². The molecule has 0 unspecified atom stereocenters. The molecule has 11 heteroatoms. The second-order valence-corrected chi connectivity index (χ2v) is 9.58. The molecule has 0 bridgehead atoms. The Morgan fingerprint density at radius 3 is 2.33 bits per heavy atom. The van der Waals surface area contributed by atoms with Crippen molar-refractivity contribution in [3.8, 4) is 5.82 Å². The van der Waals surface area contributed by atoms with Crippen LogP contribution in [0.5, 0.6) is 0 Å². The number of anilines is 1. The van der Waals surface area contributed by atoms with Crippen LogP contribution in [0.1, 0.15) is 31.4 Å². The molecule has 0 saturated carbocycles. The van der Waals surface area contributed by atoms with E-state index >= 15 is 0 Å². The number of sulfonamides is 1. The number of nitrogens with zero attached hydrogens (tertiary/aromatic N) is 8. The molecule has 3 aromatic heterocycles. The molecule has 0 N–H and O–H groups in total. The first kappa shape index (κ1) is 20.5. The van der Waals surface area contributed by atoms with Gasteiger partial charge in [-0.25, -0.2) is 28.4 Å². The van der Waals surface area contributed by atoms with Crippen LogP contribution < -0.4 is 4.90 Å². The lowest BCUT2D eigenvalue weighted by Gasteiger charge is -2.34. The Balaban J connectivity index is 1.51. The first-order chi connectivity index (χ1) is 14.3. The normalized spacial score (nSPS) is 15.8. The maximum absolute atomic E-state index is 13.1. The molecule has 160 valence electrons. The summed E-state index contributed by atoms with van der Waals surface area (Å²) in [6, 6.07) is 1.90. The first-order valence-electron chi connectivity index (χ1n) is 9.88. The highest BCUT2D eigenvalue weighted by Crippen LogP contribution is 2.22. The van der Waals surface area contributed by atoms with Gasteiger partial charge in [0.1, 0.15) is 29.6 Å². The van der Waals surface area contributed by atoms with Crippen LogP contribution >= 0.6 is 0 Å². The van der Waals surface area contributed by atoms with Crippen molar-refractivity contribution in [1.29, 1.82) is 0 Å². The Labute approximate surface area is 176 Å². The quantitative estimate of drug-likeness (QED) is 0.602. The SMILES string of the molecule is Cc1nc(N2CCN(S(=O)(=O)c3cn(C)c(C(C)C)n3)CC2)cc(-n2ccnc2)n1. The van der Waals surface area contributed by atoms with E-state index in [0.717, 1.165) is 17.5 Å². The Hall–Kier alpha value is -2.79. The Morgan fingerprint density at radius 1 is 1.03 bits per heavy atom. The number of hydrogen-bond acceptors (Lipinski definition) is 7. The molecule has 30 heavy (non-hydrogen) atoms. The Morgan fingerprint density at radius 2 is 1.73 bits per heavy atom. The molecule has 0 atom stereocenters. The molecule has 0 spiro atoms. The van der Waals surface area contributed by atoms with Gasteiger partial charge in [-0.3, -0.25) is 4.57 Å². The van der Waals surface area contributed by atoms with Crippen molar-refractivity contribution in [1.82, 2.24) is 33.4 Å². The fourth-order valence-electron chi connectivity index (χ4n) is 3.63. The molecule has 0 aliphatic carbocycles. The van der Waals surface area contributed by atoms with Gasteiger partial charge in [0.25, 0.3) is 10.0 Å². The second-order valence-electron chi connectivity index (χ2n) is 7.70. The molecule has 10 nitrogen and oxygen atoms in total. The number of aromatic nitrogens is 6. The minimum Gasteiger partial charge on any atom is -0.354 e. The number of aryl methyl sites for hydroxylation is 2. The molecule has 1 aliphatic heterocycles. The van der Waals surface area contributed by atoms with E-state index in [-0.39, 0.29) is 10.9 Å². The third-order valence-corrected chi connectivity index (χ3v) is 6.92. The summed E-state index contributed by atoms with van der Waals surface area (Å²) in [5, 5.41) is 0.113. The zero-order chi connectivity index (χ0) is 21.5. The Kier molecular flexibility index (Phi) is 5.33. The van der Waals surface area contributed by atoms with Gasteiger partial charge in [-0.15, -0.1) is 0 Å². The summed E-state index contributed by atoms with van der Waals surface area (Å²) in [4.78, 5) is 19.5. The summed E-state index contributed by atoms with van der Waals surface area (Å²) in [5.41, 5.74) is 0. The van der Waals surface area contributed by atoms with Gasteiger partial charge in [-0.05, 0) is 6.92 Å². The van der Waals surface area contributed by atoms with Crippen LogP contribution in [0.3, 0.4) is 0 Å². The highest BCUT2D eigenvalue weighted by atomic mass is 32.2. The van der Waals surface area contributed by atoms with E-state index in [0.29, 0.717) is 32.0 Å². The summed E-state index contributed by atoms with van der Waals surface area (Å²) in [6.45, 7) is 7.68. The van der Waals surface area contributed by atoms with Gasteiger partial charge in [-0.1, -0.05) is 13.8 Å². The van der Waals surface area contributed by atoms with Crippen LogP contribution in [0.15, 0.2) is 36.0 Å². The zero-order valence-electron chi connectivity index (χ0n) is 17.6. The number of piperazine rings is 1. The van der Waals surface area contributed by atoms with E-state index in [9.17, 15) is 8.42 Å². The standard InChI is InChI=1S/C19H26N8O2S/c1-14(2)19-23-18(12-24(19)4)30(28,29)27-9-7-25(8-10-27)16-11-17(22-15(3)21-16)26-6-5-20-13-26/h5-6,11-14H,7-10H2,1-4H3. The van der Waals surface area contributed by atoms with Crippen molar-refractivity contribution in [2.75, 3.05) is 31.1 Å². The third kappa shape index (κ3) is 3.82. The number of imidazole rings is 2. The molecule has 4 rings (SSSR count). The summed E-state index contributed by atoms with van der Waals surface area (Å²) < 4.78 is 31.3. The monoisotopic (exact) mass is 430 g/mol. The van der Waals surface area contributed by atoms with E-state index in [1.807, 2.05) is 44.6 Å². The average molecular weight is 431 g/mol. The predicted octanol–water partition coefficient (Wildman–Crippen LogP) is 1.34. The summed E-state index contributed by atoms with van der Waals surface area (Å²) in [7, 11) is -1.80. The number of hydrogen-bond donors (Lipinski definition) is 0. The second kappa shape index (κ2) is 7.80. The van der Waals surface area contributed by atoms with Crippen molar-refractivity contribution < 1.29 is 8.42 Å². The van der Waals surface area contributed by atoms with Crippen LogP contribution in [-0.2, 0) is 17.1 Å². The Bertz CT molecular complexity index is 1130. The average Bonchev–Trinajstić information content (AvgIpc) is 3.38. The largest absolute Gasteiger partial charge is 0.354 e. The molecule has 0 radical (unpaired) electrons. The predicted molar refractivity (Wildman–Crippen MR) is 112 cm³/mol. The van der Waals surface area contributed by atoms with Crippen LogP contribution in [-0.4, -0.2) is 68.0 Å². The van der Waals surface area contributed by atoms with E-state index in [4.69, 9.17) is 0 Å². The maximum Gasteiger partial charge on any atom is 0.262 e. The van der Waals surface area contributed by atoms with Gasteiger partial charge < -0.3 is 9.47 Å². The lowest BCUT2D eigenvalue weighted by molar-refractivity contribution is 0.382. The minimum atomic E-state index is -3.63. The van der Waals surface area contributed by atoms with Crippen molar-refractivity contribution in [3.63, 3.8) is 0 Å². The van der Waals surface area contributed by atoms with E-state index < -0.39 is 10.0 Å². The lowest BCUT2D eigenvalue weighted by Crippen LogP contribution is -2.49. The highest BCUT2D eigenvalue weighted by molar-refractivity contribution is 7.89. The third-order valence-electron chi connectivity index (χ3n) is 5.15. The van der Waals surface area contributed by atoms with Crippen LogP contribution in [0, 0.1) is 6.92 Å². The lowest BCUT2D eigenvalue weighted by atomic mass is 10.2. The summed E-state index contributed by atoms with van der Waals surface area (Å²) in [5.74, 6) is 3.08. The van der Waals surface area contributed by atoms with Crippen molar-refractivity contribution in [2.24, 2.45) is 7.05 Å². The first-order valence-corrected chi connectivity index (χ1v) is 11.3. The molecule has 1 fully saturated rings.